The molecule has 15 heteroatoms. The maximum absolute atomic E-state index is 13.7. The largest absolute Gasteiger partial charge is 0.383 e. The zero-order valence-electron chi connectivity index (χ0n) is 13.0. The fourth-order valence-corrected chi connectivity index (χ4v) is 1.98. The minimum Gasteiger partial charge on any atom is -0.362 e. The fraction of sp³-hybridized carbons (Fsp3) is 0.833. The third kappa shape index (κ3) is 3.60. The zero-order valence-corrected chi connectivity index (χ0v) is 13.0. The SMILES string of the molecule is CN1C=CN(C(F)C(F)(F)C(F)(F)C(F)(F)C(F)(F)C(F)C(F)C(F)F)C1. The van der Waals surface area contributed by atoms with E-state index in [1.165, 1.54) is 0 Å². The summed E-state index contributed by atoms with van der Waals surface area (Å²) < 4.78 is 171. The van der Waals surface area contributed by atoms with Crippen LogP contribution in [0.15, 0.2) is 12.4 Å². The predicted molar refractivity (Wildman–Crippen MR) is 64.1 cm³/mol. The van der Waals surface area contributed by atoms with E-state index in [9.17, 15) is 57.1 Å². The molecular formula is C12H11F13N2. The van der Waals surface area contributed by atoms with Gasteiger partial charge in [-0.15, -0.1) is 0 Å². The molecule has 3 atom stereocenters. The molecule has 1 heterocycles. The van der Waals surface area contributed by atoms with Crippen molar-refractivity contribution in [3.05, 3.63) is 12.4 Å². The average molecular weight is 430 g/mol. The number of rotatable bonds is 8. The second-order valence-electron chi connectivity index (χ2n) is 5.62. The first-order chi connectivity index (χ1) is 11.9. The second kappa shape index (κ2) is 7.11. The van der Waals surface area contributed by atoms with Crippen LogP contribution in [0, 0.1) is 0 Å². The van der Waals surface area contributed by atoms with Gasteiger partial charge in [-0.3, -0.25) is 0 Å². The van der Waals surface area contributed by atoms with Gasteiger partial charge in [-0.25, -0.2) is 22.0 Å². The first kappa shape index (κ1) is 23.5. The first-order valence-corrected chi connectivity index (χ1v) is 6.78. The third-order valence-electron chi connectivity index (χ3n) is 3.59. The lowest BCUT2D eigenvalue weighted by molar-refractivity contribution is -0.392. The van der Waals surface area contributed by atoms with Crippen LogP contribution in [0.2, 0.25) is 0 Å². The summed E-state index contributed by atoms with van der Waals surface area (Å²) in [5.41, 5.74) is 0. The Morgan fingerprint density at radius 3 is 1.56 bits per heavy atom. The highest BCUT2D eigenvalue weighted by atomic mass is 19.4. The Labute approximate surface area is 143 Å². The highest BCUT2D eigenvalue weighted by molar-refractivity contribution is 5.10. The molecule has 0 aliphatic carbocycles. The molecule has 1 aliphatic rings. The van der Waals surface area contributed by atoms with Gasteiger partial charge in [0.2, 0.25) is 12.5 Å². The van der Waals surface area contributed by atoms with E-state index in [0.29, 0.717) is 6.20 Å². The zero-order chi connectivity index (χ0) is 21.6. The lowest BCUT2D eigenvalue weighted by atomic mass is 9.93. The molecule has 0 amide bonds. The minimum atomic E-state index is -7.43. The molecule has 27 heavy (non-hydrogen) atoms. The van der Waals surface area contributed by atoms with Gasteiger partial charge in [0.15, 0.2) is 6.17 Å². The summed E-state index contributed by atoms with van der Waals surface area (Å²) in [5.74, 6) is -28.3. The van der Waals surface area contributed by atoms with E-state index in [1.54, 1.807) is 0 Å². The van der Waals surface area contributed by atoms with Crippen molar-refractivity contribution in [3.8, 4) is 0 Å². The normalized spacial score (nSPS) is 20.4. The molecule has 0 saturated heterocycles. The van der Waals surface area contributed by atoms with Gasteiger partial charge >= 0.3 is 23.7 Å². The van der Waals surface area contributed by atoms with Crippen molar-refractivity contribution in [2.24, 2.45) is 0 Å². The van der Waals surface area contributed by atoms with Gasteiger partial charge in [0.1, 0.15) is 0 Å². The first-order valence-electron chi connectivity index (χ1n) is 6.78. The van der Waals surface area contributed by atoms with Gasteiger partial charge in [0.25, 0.3) is 6.43 Å². The predicted octanol–water partition coefficient (Wildman–Crippen LogP) is 4.44. The number of nitrogens with zero attached hydrogens (tertiary/aromatic N) is 2. The smallest absolute Gasteiger partial charge is 0.362 e. The van der Waals surface area contributed by atoms with Gasteiger partial charge in [-0.2, -0.15) is 35.1 Å². The van der Waals surface area contributed by atoms with Crippen molar-refractivity contribution in [1.82, 2.24) is 9.80 Å². The summed E-state index contributed by atoms with van der Waals surface area (Å²) in [6.07, 6.45) is -17.6. The van der Waals surface area contributed by atoms with E-state index in [4.69, 9.17) is 0 Å². The summed E-state index contributed by atoms with van der Waals surface area (Å²) in [6, 6.07) is 0. The van der Waals surface area contributed by atoms with Crippen LogP contribution < -0.4 is 0 Å². The van der Waals surface area contributed by atoms with Crippen molar-refractivity contribution < 1.29 is 57.1 Å². The molecule has 0 aromatic rings. The Morgan fingerprint density at radius 1 is 0.741 bits per heavy atom. The van der Waals surface area contributed by atoms with E-state index in [0.717, 1.165) is 18.1 Å². The molecule has 1 aliphatic heterocycles. The summed E-state index contributed by atoms with van der Waals surface area (Å²) in [4.78, 5) is 0.660. The van der Waals surface area contributed by atoms with Crippen LogP contribution in [0.3, 0.4) is 0 Å². The van der Waals surface area contributed by atoms with Gasteiger partial charge < -0.3 is 9.80 Å². The van der Waals surface area contributed by atoms with Crippen LogP contribution in [0.5, 0.6) is 0 Å². The van der Waals surface area contributed by atoms with Gasteiger partial charge in [-0.1, -0.05) is 0 Å². The number of halogens is 13. The molecule has 0 aromatic heterocycles. The molecule has 0 bridgehead atoms. The van der Waals surface area contributed by atoms with Crippen LogP contribution in [-0.4, -0.2) is 72.3 Å². The standard InChI is InChI=1S/C12H11F13N2/c1-26-2-3-27(4-26)8(17)10(20,21)12(24,25)11(22,23)9(18,19)6(14)5(13)7(15)16/h2-3,5-8H,4H2,1H3. The van der Waals surface area contributed by atoms with Crippen LogP contribution in [0.25, 0.3) is 0 Å². The summed E-state index contributed by atoms with van der Waals surface area (Å²) >= 11 is 0. The van der Waals surface area contributed by atoms with E-state index in [-0.39, 0.29) is 4.90 Å². The fourth-order valence-electron chi connectivity index (χ4n) is 1.98. The molecule has 0 aromatic carbocycles. The monoisotopic (exact) mass is 430 g/mol. The molecule has 3 unspecified atom stereocenters. The Balaban J connectivity index is 3.26. The Morgan fingerprint density at radius 2 is 1.19 bits per heavy atom. The lowest BCUT2D eigenvalue weighted by Crippen LogP contribution is -2.69. The molecule has 1 rings (SSSR count). The van der Waals surface area contributed by atoms with Gasteiger partial charge in [0, 0.05) is 19.4 Å². The average Bonchev–Trinajstić information content (AvgIpc) is 2.98. The second-order valence-corrected chi connectivity index (χ2v) is 5.62. The molecule has 2 nitrogen and oxygen atoms in total. The molecule has 0 radical (unpaired) electrons. The van der Waals surface area contributed by atoms with Crippen LogP contribution in [0.1, 0.15) is 0 Å². The Hall–Kier alpha value is -1.57. The van der Waals surface area contributed by atoms with Crippen LogP contribution in [-0.2, 0) is 0 Å². The van der Waals surface area contributed by atoms with Crippen LogP contribution >= 0.6 is 0 Å². The van der Waals surface area contributed by atoms with Crippen molar-refractivity contribution in [2.45, 2.75) is 48.8 Å². The highest BCUT2D eigenvalue weighted by Crippen LogP contribution is 2.56. The molecule has 0 fully saturated rings. The van der Waals surface area contributed by atoms with Crippen molar-refractivity contribution in [2.75, 3.05) is 13.7 Å². The molecule has 0 spiro atoms. The summed E-state index contributed by atoms with van der Waals surface area (Å²) in [6.45, 7) is -0.863. The Bertz CT molecular complexity index is 549. The maximum atomic E-state index is 13.7. The molecule has 0 N–H and O–H groups in total. The number of alkyl halides is 13. The van der Waals surface area contributed by atoms with E-state index in [2.05, 4.69) is 0 Å². The topological polar surface area (TPSA) is 6.48 Å². The van der Waals surface area contributed by atoms with Crippen molar-refractivity contribution in [1.29, 1.82) is 0 Å². The van der Waals surface area contributed by atoms with Crippen molar-refractivity contribution in [3.63, 3.8) is 0 Å². The van der Waals surface area contributed by atoms with Gasteiger partial charge in [0.05, 0.1) is 6.67 Å². The van der Waals surface area contributed by atoms with Crippen molar-refractivity contribution >= 4 is 0 Å². The minimum absolute atomic E-state index is 0.258. The van der Waals surface area contributed by atoms with Gasteiger partial charge in [-0.05, 0) is 0 Å². The Kier molecular flexibility index (Phi) is 6.18. The molecule has 0 saturated carbocycles. The van der Waals surface area contributed by atoms with Crippen LogP contribution in [0.4, 0.5) is 57.1 Å². The number of hydrogen-bond donors (Lipinski definition) is 0. The maximum Gasteiger partial charge on any atom is 0.383 e. The lowest BCUT2D eigenvalue weighted by Gasteiger charge is -2.40. The highest BCUT2D eigenvalue weighted by Gasteiger charge is 2.85. The summed E-state index contributed by atoms with van der Waals surface area (Å²) in [7, 11) is 1.13. The number of hydrogen-bond acceptors (Lipinski definition) is 2. The van der Waals surface area contributed by atoms with E-state index in [1.807, 2.05) is 0 Å². The van der Waals surface area contributed by atoms with E-state index < -0.39 is 55.4 Å². The van der Waals surface area contributed by atoms with E-state index >= 15 is 0 Å². The quantitative estimate of drug-likeness (QED) is 0.415. The summed E-state index contributed by atoms with van der Waals surface area (Å²) in [5, 5.41) is 0. The molecular weight excluding hydrogens is 419 g/mol. The third-order valence-corrected chi connectivity index (χ3v) is 3.59. The molecule has 160 valence electrons.